The molecule has 0 N–H and O–H groups in total. The van der Waals surface area contributed by atoms with Gasteiger partial charge in [0.15, 0.2) is 9.84 Å². The lowest BCUT2D eigenvalue weighted by Crippen LogP contribution is -2.54. The number of amides is 1. The summed E-state index contributed by atoms with van der Waals surface area (Å²) in [6.07, 6.45) is 1.20. The molecule has 0 saturated carbocycles. The number of carbonyl (C=O) groups excluding carboxylic acids is 1. The number of piperidine rings is 1. The number of hydrogen-bond donors (Lipinski definition) is 0. The molecule has 1 aromatic rings. The van der Waals surface area contributed by atoms with E-state index in [1.807, 2.05) is 31.2 Å². The van der Waals surface area contributed by atoms with Crippen LogP contribution in [0.5, 0.6) is 5.75 Å². The van der Waals surface area contributed by atoms with Crippen molar-refractivity contribution in [1.29, 1.82) is 0 Å². The second-order valence-electron chi connectivity index (χ2n) is 9.08. The number of sulfone groups is 1. The molecule has 1 aromatic carbocycles. The van der Waals surface area contributed by atoms with Gasteiger partial charge in [-0.25, -0.2) is 12.8 Å². The second-order valence-corrected chi connectivity index (χ2v) is 11.2. The zero-order chi connectivity index (χ0) is 22.1. The number of ether oxygens (including phenoxy) is 1. The van der Waals surface area contributed by atoms with Crippen LogP contribution in [0.2, 0.25) is 0 Å². The average Bonchev–Trinajstić information content (AvgIpc) is 2.94. The molecule has 0 aliphatic carbocycles. The third-order valence-corrected chi connectivity index (χ3v) is 8.02. The summed E-state index contributed by atoms with van der Waals surface area (Å²) in [6, 6.07) is 7.86. The average molecular weight is 441 g/mol. The van der Waals surface area contributed by atoms with E-state index in [1.54, 1.807) is 6.92 Å². The summed E-state index contributed by atoms with van der Waals surface area (Å²) in [5.74, 6) is -0.275. The van der Waals surface area contributed by atoms with Crippen molar-refractivity contribution in [2.75, 3.05) is 36.9 Å². The van der Waals surface area contributed by atoms with Gasteiger partial charge >= 0.3 is 0 Å². The summed E-state index contributed by atoms with van der Waals surface area (Å²) >= 11 is 0. The van der Waals surface area contributed by atoms with Crippen LogP contribution in [0.25, 0.3) is 0 Å². The summed E-state index contributed by atoms with van der Waals surface area (Å²) < 4.78 is 44.5. The standard InChI is InChI=1S/C22H33FN2O4S/c1-5-11-30(27,28)20(23)21(26)24-13-16-12-22(3,4)19(15-24)25(14-16)17-7-9-18(10-8-17)29-6-2/h7-10,16,19-20H,5-6,11-15H2,1-4H3/t16-,19-,20?/m1/s1. The van der Waals surface area contributed by atoms with Crippen molar-refractivity contribution < 1.29 is 22.3 Å². The van der Waals surface area contributed by atoms with Gasteiger partial charge in [0, 0.05) is 25.3 Å². The summed E-state index contributed by atoms with van der Waals surface area (Å²) in [5.41, 5.74) is -1.53. The molecule has 1 amide bonds. The van der Waals surface area contributed by atoms with Gasteiger partial charge in [0.25, 0.3) is 11.4 Å². The Labute approximate surface area is 179 Å². The van der Waals surface area contributed by atoms with Gasteiger partial charge < -0.3 is 14.5 Å². The molecular weight excluding hydrogens is 407 g/mol. The van der Waals surface area contributed by atoms with Gasteiger partial charge in [-0.2, -0.15) is 0 Å². The van der Waals surface area contributed by atoms with Crippen LogP contribution in [-0.4, -0.2) is 62.8 Å². The van der Waals surface area contributed by atoms with Crippen LogP contribution >= 0.6 is 0 Å². The van der Waals surface area contributed by atoms with Crippen molar-refractivity contribution in [3.63, 3.8) is 0 Å². The molecule has 3 heterocycles. The van der Waals surface area contributed by atoms with Crippen LogP contribution in [-0.2, 0) is 14.6 Å². The number of carbonyl (C=O) groups is 1. The van der Waals surface area contributed by atoms with E-state index in [0.717, 1.165) is 24.4 Å². The van der Waals surface area contributed by atoms with Crippen LogP contribution in [0.1, 0.15) is 40.5 Å². The SMILES string of the molecule is CCCS(=O)(=O)C(F)C(=O)N1C[C@@H]2CN(c3ccc(OCC)cc3)[C@H](C1)C(C)(C)C2. The fraction of sp³-hybridized carbons (Fsp3) is 0.682. The minimum Gasteiger partial charge on any atom is -0.494 e. The molecule has 3 fully saturated rings. The van der Waals surface area contributed by atoms with Crippen LogP contribution in [0.3, 0.4) is 0 Å². The number of benzene rings is 1. The summed E-state index contributed by atoms with van der Waals surface area (Å²) in [5, 5.41) is 0. The molecule has 8 heteroatoms. The molecule has 3 aliphatic heterocycles. The lowest BCUT2D eigenvalue weighted by Gasteiger charge is -2.48. The van der Waals surface area contributed by atoms with Gasteiger partial charge in [0.2, 0.25) is 0 Å². The van der Waals surface area contributed by atoms with Crippen molar-refractivity contribution in [2.45, 2.75) is 52.1 Å². The fourth-order valence-corrected chi connectivity index (χ4v) is 6.12. The first-order chi connectivity index (χ1) is 14.1. The molecule has 6 nitrogen and oxygen atoms in total. The molecule has 1 unspecified atom stereocenters. The van der Waals surface area contributed by atoms with Gasteiger partial charge in [0.1, 0.15) is 5.75 Å². The normalized spacial score (nSPS) is 24.4. The molecule has 0 spiro atoms. The first-order valence-electron chi connectivity index (χ1n) is 10.7. The van der Waals surface area contributed by atoms with Gasteiger partial charge in [0.05, 0.1) is 18.4 Å². The van der Waals surface area contributed by atoms with Crippen molar-refractivity contribution in [2.24, 2.45) is 11.3 Å². The molecule has 168 valence electrons. The van der Waals surface area contributed by atoms with E-state index in [1.165, 1.54) is 4.90 Å². The Hall–Kier alpha value is -1.83. The van der Waals surface area contributed by atoms with Crippen LogP contribution in [0.15, 0.2) is 24.3 Å². The van der Waals surface area contributed by atoms with E-state index in [4.69, 9.17) is 4.74 Å². The van der Waals surface area contributed by atoms with E-state index in [9.17, 15) is 17.6 Å². The van der Waals surface area contributed by atoms with Gasteiger partial charge in [-0.1, -0.05) is 20.8 Å². The number of fused-ring (bicyclic) bond motifs is 4. The lowest BCUT2D eigenvalue weighted by molar-refractivity contribution is -0.133. The zero-order valence-corrected chi connectivity index (χ0v) is 19.1. The topological polar surface area (TPSA) is 66.9 Å². The highest BCUT2D eigenvalue weighted by atomic mass is 32.2. The largest absolute Gasteiger partial charge is 0.494 e. The van der Waals surface area contributed by atoms with E-state index >= 15 is 0 Å². The van der Waals surface area contributed by atoms with Crippen molar-refractivity contribution in [1.82, 2.24) is 4.90 Å². The number of alkyl halides is 1. The quantitative estimate of drug-likeness (QED) is 0.651. The minimum atomic E-state index is -4.08. The number of nitrogens with zero attached hydrogens (tertiary/aromatic N) is 2. The highest BCUT2D eigenvalue weighted by Crippen LogP contribution is 2.43. The summed E-state index contributed by atoms with van der Waals surface area (Å²) in [4.78, 5) is 16.5. The Morgan fingerprint density at radius 3 is 2.47 bits per heavy atom. The van der Waals surface area contributed by atoms with Crippen LogP contribution < -0.4 is 9.64 Å². The van der Waals surface area contributed by atoms with Crippen molar-refractivity contribution in [3.8, 4) is 5.75 Å². The number of halogens is 1. The molecule has 3 atom stereocenters. The maximum absolute atomic E-state index is 14.7. The molecule has 3 saturated heterocycles. The van der Waals surface area contributed by atoms with E-state index in [-0.39, 0.29) is 23.1 Å². The van der Waals surface area contributed by atoms with Gasteiger partial charge in [-0.15, -0.1) is 0 Å². The predicted molar refractivity (Wildman–Crippen MR) is 116 cm³/mol. The number of anilines is 1. The molecule has 2 bridgehead atoms. The first kappa shape index (κ1) is 22.8. The molecule has 0 aromatic heterocycles. The highest BCUT2D eigenvalue weighted by Gasteiger charge is 2.48. The maximum Gasteiger partial charge on any atom is 0.278 e. The monoisotopic (exact) mass is 440 g/mol. The van der Waals surface area contributed by atoms with Crippen molar-refractivity contribution >= 4 is 21.4 Å². The Morgan fingerprint density at radius 1 is 1.20 bits per heavy atom. The molecule has 4 rings (SSSR count). The first-order valence-corrected chi connectivity index (χ1v) is 12.4. The Morgan fingerprint density at radius 2 is 1.87 bits per heavy atom. The second kappa shape index (κ2) is 8.73. The van der Waals surface area contributed by atoms with Gasteiger partial charge in [-0.3, -0.25) is 4.79 Å². The third-order valence-electron chi connectivity index (χ3n) is 6.21. The Bertz CT molecular complexity index is 856. The van der Waals surface area contributed by atoms with E-state index < -0.39 is 21.2 Å². The lowest BCUT2D eigenvalue weighted by atomic mass is 9.73. The third kappa shape index (κ3) is 4.58. The van der Waals surface area contributed by atoms with E-state index in [0.29, 0.717) is 26.1 Å². The summed E-state index contributed by atoms with van der Waals surface area (Å²) in [6.45, 7) is 9.99. The molecule has 3 aliphatic rings. The smallest absolute Gasteiger partial charge is 0.278 e. The fourth-order valence-electron chi connectivity index (χ4n) is 4.89. The van der Waals surface area contributed by atoms with Crippen molar-refractivity contribution in [3.05, 3.63) is 24.3 Å². The Kier molecular flexibility index (Phi) is 6.65. The van der Waals surface area contributed by atoms with E-state index in [2.05, 4.69) is 18.7 Å². The molecule has 30 heavy (non-hydrogen) atoms. The Balaban J connectivity index is 1.85. The van der Waals surface area contributed by atoms with Crippen LogP contribution in [0, 0.1) is 11.3 Å². The van der Waals surface area contributed by atoms with Crippen LogP contribution in [0.4, 0.5) is 10.1 Å². The number of rotatable bonds is 7. The molecular formula is C22H33FN2O4S. The highest BCUT2D eigenvalue weighted by molar-refractivity contribution is 7.92. The minimum absolute atomic E-state index is 0.0285. The molecule has 0 radical (unpaired) electrons. The predicted octanol–water partition coefficient (Wildman–Crippen LogP) is 3.27. The van der Waals surface area contributed by atoms with Gasteiger partial charge in [-0.05, 0) is 55.4 Å². The maximum atomic E-state index is 14.7. The number of hydrogen-bond acceptors (Lipinski definition) is 5. The summed E-state index contributed by atoms with van der Waals surface area (Å²) in [7, 11) is -4.08. The zero-order valence-electron chi connectivity index (χ0n) is 18.3.